The topological polar surface area (TPSA) is 32.3 Å². The Balaban J connectivity index is 2.09. The van der Waals surface area contributed by atoms with E-state index in [1.54, 1.807) is 6.07 Å². The number of nitrogens with one attached hydrogen (secondary N) is 1. The molecule has 0 unspecified atom stereocenters. The van der Waals surface area contributed by atoms with Crippen LogP contribution in [0.5, 0.6) is 0 Å². The smallest absolute Gasteiger partial charge is 0.219 e. The van der Waals surface area contributed by atoms with E-state index in [0.29, 0.717) is 10.2 Å². The number of anilines is 1. The van der Waals surface area contributed by atoms with E-state index in [-0.39, 0.29) is 5.43 Å². The molecule has 0 saturated heterocycles. The normalized spacial score (nSPS) is 11.3. The van der Waals surface area contributed by atoms with Crippen molar-refractivity contribution in [2.45, 2.75) is 39.5 Å². The van der Waals surface area contributed by atoms with Crippen LogP contribution in [0.15, 0.2) is 10.9 Å². The Morgan fingerprint density at radius 3 is 2.33 bits per heavy atom. The van der Waals surface area contributed by atoms with Gasteiger partial charge in [-0.3, -0.25) is 4.79 Å². The van der Waals surface area contributed by atoms with Gasteiger partial charge in [0.05, 0.1) is 10.2 Å². The van der Waals surface area contributed by atoms with Crippen LogP contribution in [0.3, 0.4) is 0 Å². The predicted octanol–water partition coefficient (Wildman–Crippen LogP) is 2.97. The SMILES string of the molecule is CCCN(CCC)CCCCNc1cc(=S)c1=O. The Kier molecular flexibility index (Phi) is 7.13. The van der Waals surface area contributed by atoms with Crippen LogP contribution in [-0.4, -0.2) is 31.1 Å². The first-order valence-electron chi connectivity index (χ1n) is 6.95. The lowest BCUT2D eigenvalue weighted by molar-refractivity contribution is 0.270. The molecule has 18 heavy (non-hydrogen) atoms. The molecule has 0 aliphatic rings. The molecule has 1 rings (SSSR count). The molecule has 0 aromatic heterocycles. The molecule has 3 nitrogen and oxygen atoms in total. The fourth-order valence-electron chi connectivity index (χ4n) is 2.10. The molecule has 102 valence electrons. The fourth-order valence-corrected chi connectivity index (χ4v) is 2.33. The standard InChI is InChI=1S/C14H24N2OS/c1-3-8-16(9-4-2)10-6-5-7-15-12-11-13(18)14(12)17/h11,15H,3-10H2,1-2H3. The molecule has 0 heterocycles. The van der Waals surface area contributed by atoms with Crippen molar-refractivity contribution in [1.82, 2.24) is 4.90 Å². The minimum absolute atomic E-state index is 0.00333. The zero-order valence-corrected chi connectivity index (χ0v) is 12.3. The quantitative estimate of drug-likeness (QED) is 0.522. The van der Waals surface area contributed by atoms with Crippen LogP contribution in [0.4, 0.5) is 5.69 Å². The molecule has 1 aromatic carbocycles. The first kappa shape index (κ1) is 15.3. The first-order chi connectivity index (χ1) is 8.69. The highest BCUT2D eigenvalue weighted by molar-refractivity contribution is 7.71. The number of hydrogen-bond donors (Lipinski definition) is 1. The van der Waals surface area contributed by atoms with Gasteiger partial charge in [-0.15, -0.1) is 0 Å². The summed E-state index contributed by atoms with van der Waals surface area (Å²) in [4.78, 5) is 13.7. The first-order valence-corrected chi connectivity index (χ1v) is 7.36. The Labute approximate surface area is 115 Å². The molecule has 0 amide bonds. The van der Waals surface area contributed by atoms with Gasteiger partial charge in [-0.1, -0.05) is 26.1 Å². The third-order valence-corrected chi connectivity index (χ3v) is 3.34. The highest BCUT2D eigenvalue weighted by Crippen LogP contribution is 2.05. The third kappa shape index (κ3) is 4.86. The van der Waals surface area contributed by atoms with Crippen molar-refractivity contribution in [2.24, 2.45) is 0 Å². The van der Waals surface area contributed by atoms with Crippen LogP contribution >= 0.6 is 12.2 Å². The summed E-state index contributed by atoms with van der Waals surface area (Å²) in [7, 11) is 0. The molecule has 0 spiro atoms. The highest BCUT2D eigenvalue weighted by Gasteiger charge is 2.05. The molecule has 1 aromatic rings. The number of nitrogens with zero attached hydrogens (tertiary/aromatic N) is 1. The van der Waals surface area contributed by atoms with E-state index >= 15 is 0 Å². The molecule has 0 fully saturated rings. The molecular formula is C14H24N2OS. The molecular weight excluding hydrogens is 244 g/mol. The van der Waals surface area contributed by atoms with Crippen LogP contribution < -0.4 is 10.7 Å². The van der Waals surface area contributed by atoms with E-state index in [1.165, 1.54) is 32.4 Å². The molecule has 0 radical (unpaired) electrons. The molecule has 0 aliphatic heterocycles. The van der Waals surface area contributed by atoms with Crippen molar-refractivity contribution >= 4 is 17.9 Å². The van der Waals surface area contributed by atoms with Crippen LogP contribution in [0.25, 0.3) is 0 Å². The molecule has 0 bridgehead atoms. The highest BCUT2D eigenvalue weighted by atomic mass is 32.1. The zero-order valence-electron chi connectivity index (χ0n) is 11.5. The van der Waals surface area contributed by atoms with Crippen molar-refractivity contribution in [3.8, 4) is 0 Å². The van der Waals surface area contributed by atoms with Crippen molar-refractivity contribution in [3.05, 3.63) is 20.8 Å². The third-order valence-electron chi connectivity index (χ3n) is 3.04. The van der Waals surface area contributed by atoms with E-state index in [4.69, 9.17) is 12.2 Å². The van der Waals surface area contributed by atoms with Gasteiger partial charge in [0.25, 0.3) is 0 Å². The summed E-state index contributed by atoms with van der Waals surface area (Å²) in [5.74, 6) is 0. The summed E-state index contributed by atoms with van der Waals surface area (Å²) in [6.45, 7) is 8.86. The minimum Gasteiger partial charge on any atom is -0.382 e. The fraction of sp³-hybridized carbons (Fsp3) is 0.714. The van der Waals surface area contributed by atoms with E-state index < -0.39 is 0 Å². The molecule has 0 saturated carbocycles. The summed E-state index contributed by atoms with van der Waals surface area (Å²) < 4.78 is 0.453. The molecule has 1 N–H and O–H groups in total. The second kappa shape index (κ2) is 8.38. The lowest BCUT2D eigenvalue weighted by atomic mass is 10.2. The molecule has 0 atom stereocenters. The largest absolute Gasteiger partial charge is 0.382 e. The van der Waals surface area contributed by atoms with Gasteiger partial charge in [-0.2, -0.15) is 0 Å². The van der Waals surface area contributed by atoms with Crippen LogP contribution in [0, 0.1) is 4.51 Å². The van der Waals surface area contributed by atoms with E-state index in [2.05, 4.69) is 24.1 Å². The maximum absolute atomic E-state index is 11.2. The van der Waals surface area contributed by atoms with Gasteiger partial charge in [-0.05, 0) is 51.4 Å². The summed E-state index contributed by atoms with van der Waals surface area (Å²) in [5, 5.41) is 3.14. The Bertz CT molecular complexity index is 404. The second-order valence-electron chi connectivity index (χ2n) is 4.73. The van der Waals surface area contributed by atoms with Crippen LogP contribution in [-0.2, 0) is 0 Å². The van der Waals surface area contributed by atoms with Crippen molar-refractivity contribution in [2.75, 3.05) is 31.5 Å². The van der Waals surface area contributed by atoms with Crippen molar-refractivity contribution in [1.29, 1.82) is 0 Å². The second-order valence-corrected chi connectivity index (χ2v) is 5.17. The predicted molar refractivity (Wildman–Crippen MR) is 80.7 cm³/mol. The average molecular weight is 268 g/mol. The van der Waals surface area contributed by atoms with Crippen molar-refractivity contribution < 1.29 is 0 Å². The van der Waals surface area contributed by atoms with Gasteiger partial charge in [0.1, 0.15) is 0 Å². The Morgan fingerprint density at radius 1 is 1.17 bits per heavy atom. The Morgan fingerprint density at radius 2 is 1.83 bits per heavy atom. The molecule has 4 heteroatoms. The van der Waals surface area contributed by atoms with Gasteiger partial charge >= 0.3 is 0 Å². The van der Waals surface area contributed by atoms with Crippen LogP contribution in [0.2, 0.25) is 0 Å². The summed E-state index contributed by atoms with van der Waals surface area (Å²) in [6.07, 6.45) is 4.72. The van der Waals surface area contributed by atoms with Gasteiger partial charge in [-0.25, -0.2) is 0 Å². The monoisotopic (exact) mass is 268 g/mol. The van der Waals surface area contributed by atoms with Gasteiger partial charge < -0.3 is 10.2 Å². The lowest BCUT2D eigenvalue weighted by Crippen LogP contribution is -2.27. The summed E-state index contributed by atoms with van der Waals surface area (Å²) >= 11 is 4.80. The Hall–Kier alpha value is -0.740. The van der Waals surface area contributed by atoms with E-state index in [1.807, 2.05) is 0 Å². The lowest BCUT2D eigenvalue weighted by Gasteiger charge is -2.20. The minimum atomic E-state index is 0.00333. The van der Waals surface area contributed by atoms with Gasteiger partial charge in [0.15, 0.2) is 0 Å². The summed E-state index contributed by atoms with van der Waals surface area (Å²) in [5.41, 5.74) is 0.697. The van der Waals surface area contributed by atoms with E-state index in [9.17, 15) is 4.79 Å². The number of unbranched alkanes of at least 4 members (excludes halogenated alkanes) is 1. The number of hydrogen-bond acceptors (Lipinski definition) is 4. The average Bonchev–Trinajstić information content (AvgIpc) is 2.37. The van der Waals surface area contributed by atoms with Gasteiger partial charge in [0, 0.05) is 6.54 Å². The van der Waals surface area contributed by atoms with Crippen LogP contribution in [0.1, 0.15) is 39.5 Å². The van der Waals surface area contributed by atoms with Gasteiger partial charge in [0.2, 0.25) is 5.43 Å². The number of rotatable bonds is 10. The maximum Gasteiger partial charge on any atom is 0.219 e. The zero-order chi connectivity index (χ0) is 13.4. The molecule has 0 aliphatic carbocycles. The van der Waals surface area contributed by atoms with E-state index in [0.717, 1.165) is 19.5 Å². The summed E-state index contributed by atoms with van der Waals surface area (Å²) in [6, 6.07) is 1.75. The maximum atomic E-state index is 11.2. The van der Waals surface area contributed by atoms with Crippen molar-refractivity contribution in [3.63, 3.8) is 0 Å².